The van der Waals surface area contributed by atoms with Crippen LogP contribution in [0.25, 0.3) is 72.8 Å². The highest BCUT2D eigenvalue weighted by atomic mass is 32.2. The predicted octanol–water partition coefficient (Wildman–Crippen LogP) is 11.9. The van der Waals surface area contributed by atoms with Crippen molar-refractivity contribution in [2.75, 3.05) is 0 Å². The zero-order valence-electron chi connectivity index (χ0n) is 27.9. The highest BCUT2D eigenvalue weighted by Gasteiger charge is 2.34. The standard InChI is InChI=1S/C46H32N4S/c1-29-25-35(28-42-43(29)38-19-11-12-20-41(38)51-42)50-39-26-33(30-13-5-2-6-14-30)21-23-36(39)37-24-22-34(27-40(37)50)46-48-44(31-15-7-3-8-16-31)47-45(49-46)32-17-9-4-10-18-32/h2-29,43H,1H3. The summed E-state index contributed by atoms with van der Waals surface area (Å²) in [7, 11) is 0. The summed E-state index contributed by atoms with van der Waals surface area (Å²) in [4.78, 5) is 17.9. The summed E-state index contributed by atoms with van der Waals surface area (Å²) in [6.45, 7) is 2.36. The molecule has 6 aromatic carbocycles. The van der Waals surface area contributed by atoms with Crippen molar-refractivity contribution >= 4 is 39.3 Å². The lowest BCUT2D eigenvalue weighted by Gasteiger charge is -2.25. The fraction of sp³-hybridized carbons (Fsp3) is 0.0652. The minimum atomic E-state index is 0.342. The molecule has 51 heavy (non-hydrogen) atoms. The third-order valence-electron chi connectivity index (χ3n) is 10.1. The van der Waals surface area contributed by atoms with Crippen LogP contribution >= 0.6 is 11.8 Å². The van der Waals surface area contributed by atoms with E-state index in [1.807, 2.05) is 48.2 Å². The average Bonchev–Trinajstić information content (AvgIpc) is 3.74. The zero-order chi connectivity index (χ0) is 33.9. The number of benzene rings is 6. The van der Waals surface area contributed by atoms with Crippen LogP contribution in [0.2, 0.25) is 0 Å². The number of nitrogens with zero attached hydrogens (tertiary/aromatic N) is 4. The van der Waals surface area contributed by atoms with Gasteiger partial charge in [-0.15, -0.1) is 0 Å². The molecule has 5 heteroatoms. The molecule has 0 radical (unpaired) electrons. The molecule has 0 spiro atoms. The molecule has 2 aromatic heterocycles. The van der Waals surface area contributed by atoms with E-state index >= 15 is 0 Å². The van der Waals surface area contributed by atoms with Gasteiger partial charge in [0, 0.05) is 44.0 Å². The van der Waals surface area contributed by atoms with E-state index in [9.17, 15) is 0 Å². The van der Waals surface area contributed by atoms with Gasteiger partial charge in [-0.05, 0) is 51.8 Å². The normalized spacial score (nSPS) is 16.5. The Labute approximate surface area is 300 Å². The number of fused-ring (bicyclic) bond motifs is 6. The zero-order valence-corrected chi connectivity index (χ0v) is 28.8. The molecule has 1 aliphatic carbocycles. The highest BCUT2D eigenvalue weighted by molar-refractivity contribution is 8.03. The van der Waals surface area contributed by atoms with Gasteiger partial charge in [-0.25, -0.2) is 15.0 Å². The number of rotatable bonds is 5. The van der Waals surface area contributed by atoms with Crippen molar-refractivity contribution < 1.29 is 0 Å². The largest absolute Gasteiger partial charge is 0.309 e. The number of thioether (sulfide) groups is 1. The maximum Gasteiger partial charge on any atom is 0.164 e. The van der Waals surface area contributed by atoms with E-state index in [2.05, 4.69) is 139 Å². The van der Waals surface area contributed by atoms with Crippen LogP contribution in [0.4, 0.5) is 0 Å². The van der Waals surface area contributed by atoms with Crippen LogP contribution < -0.4 is 0 Å². The Morgan fingerprint density at radius 1 is 0.510 bits per heavy atom. The summed E-state index contributed by atoms with van der Waals surface area (Å²) in [5.74, 6) is 2.69. The Kier molecular flexibility index (Phi) is 7.07. The first-order chi connectivity index (χ1) is 25.2. The monoisotopic (exact) mass is 672 g/mol. The van der Waals surface area contributed by atoms with Crippen molar-refractivity contribution in [2.24, 2.45) is 5.92 Å². The van der Waals surface area contributed by atoms with Gasteiger partial charge in [-0.1, -0.05) is 158 Å². The number of allylic oxidation sites excluding steroid dienone is 4. The van der Waals surface area contributed by atoms with Crippen LogP contribution in [0.3, 0.4) is 0 Å². The van der Waals surface area contributed by atoms with E-state index in [1.165, 1.54) is 48.5 Å². The van der Waals surface area contributed by atoms with E-state index in [0.29, 0.717) is 29.3 Å². The third-order valence-corrected chi connectivity index (χ3v) is 11.3. The topological polar surface area (TPSA) is 43.6 Å². The van der Waals surface area contributed by atoms with Crippen LogP contribution in [0.15, 0.2) is 174 Å². The van der Waals surface area contributed by atoms with Crippen LogP contribution in [0.1, 0.15) is 18.4 Å². The molecule has 4 nitrogen and oxygen atoms in total. The molecule has 0 saturated heterocycles. The molecule has 10 rings (SSSR count). The second kappa shape index (κ2) is 12.1. The van der Waals surface area contributed by atoms with E-state index in [-0.39, 0.29) is 0 Å². The molecule has 1 aliphatic heterocycles. The van der Waals surface area contributed by atoms with Gasteiger partial charge in [0.2, 0.25) is 0 Å². The maximum atomic E-state index is 5.07. The van der Waals surface area contributed by atoms with Gasteiger partial charge in [0.25, 0.3) is 0 Å². The lowest BCUT2D eigenvalue weighted by molar-refractivity contribution is 0.627. The Morgan fingerprint density at radius 2 is 1.02 bits per heavy atom. The molecular formula is C46H32N4S. The van der Waals surface area contributed by atoms with Crippen molar-refractivity contribution in [3.05, 3.63) is 174 Å². The van der Waals surface area contributed by atoms with Crippen LogP contribution in [0, 0.1) is 5.92 Å². The van der Waals surface area contributed by atoms with Gasteiger partial charge in [-0.2, -0.15) is 0 Å². The van der Waals surface area contributed by atoms with Gasteiger partial charge in [0.05, 0.1) is 11.0 Å². The molecule has 0 fully saturated rings. The van der Waals surface area contributed by atoms with Crippen molar-refractivity contribution in [1.29, 1.82) is 0 Å². The number of hydrogen-bond acceptors (Lipinski definition) is 4. The maximum absolute atomic E-state index is 5.07. The Bertz CT molecular complexity index is 2620. The Morgan fingerprint density at radius 3 is 1.65 bits per heavy atom. The van der Waals surface area contributed by atoms with Crippen LogP contribution in [-0.2, 0) is 0 Å². The molecule has 3 heterocycles. The Hall–Kier alpha value is -6.04. The van der Waals surface area contributed by atoms with E-state index in [4.69, 9.17) is 15.0 Å². The smallest absolute Gasteiger partial charge is 0.164 e. The van der Waals surface area contributed by atoms with Crippen molar-refractivity contribution in [1.82, 2.24) is 19.5 Å². The minimum Gasteiger partial charge on any atom is -0.309 e. The third kappa shape index (κ3) is 5.12. The van der Waals surface area contributed by atoms with Crippen molar-refractivity contribution in [3.63, 3.8) is 0 Å². The fourth-order valence-corrected chi connectivity index (χ4v) is 9.08. The summed E-state index contributed by atoms with van der Waals surface area (Å²) in [6, 6.07) is 53.4. The van der Waals surface area contributed by atoms with Gasteiger partial charge in [0.15, 0.2) is 17.5 Å². The van der Waals surface area contributed by atoms with Crippen molar-refractivity contribution in [2.45, 2.75) is 17.7 Å². The van der Waals surface area contributed by atoms with E-state index < -0.39 is 0 Å². The first-order valence-corrected chi connectivity index (χ1v) is 18.2. The van der Waals surface area contributed by atoms with Crippen LogP contribution in [0.5, 0.6) is 0 Å². The van der Waals surface area contributed by atoms with Crippen molar-refractivity contribution in [3.8, 4) is 45.3 Å². The summed E-state index contributed by atoms with van der Waals surface area (Å²) in [5.41, 5.74) is 10.2. The molecule has 0 saturated carbocycles. The summed E-state index contributed by atoms with van der Waals surface area (Å²) < 4.78 is 2.46. The Balaban J connectivity index is 1.20. The molecule has 0 N–H and O–H groups in total. The molecule has 8 aromatic rings. The second-order valence-electron chi connectivity index (χ2n) is 13.3. The molecular weight excluding hydrogens is 641 g/mol. The molecule has 2 atom stereocenters. The lowest BCUT2D eigenvalue weighted by atomic mass is 9.83. The average molecular weight is 673 g/mol. The molecule has 242 valence electrons. The summed E-state index contributed by atoms with van der Waals surface area (Å²) in [5, 5.41) is 2.42. The van der Waals surface area contributed by atoms with Crippen LogP contribution in [-0.4, -0.2) is 19.5 Å². The number of aromatic nitrogens is 4. The van der Waals surface area contributed by atoms with Gasteiger partial charge < -0.3 is 4.57 Å². The van der Waals surface area contributed by atoms with Gasteiger partial charge in [-0.3, -0.25) is 0 Å². The molecule has 0 amide bonds. The van der Waals surface area contributed by atoms with E-state index in [1.54, 1.807) is 0 Å². The SMILES string of the molecule is CC1C=C(n2c3cc(-c4ccccc4)ccc3c3ccc(-c4nc(-c5ccccc5)nc(-c5ccccc5)n4)cc32)C=C2Sc3ccccc3C21. The fourth-order valence-electron chi connectivity index (χ4n) is 7.72. The highest BCUT2D eigenvalue weighted by Crippen LogP contribution is 2.55. The quantitative estimate of drug-likeness (QED) is 0.182. The second-order valence-corrected chi connectivity index (χ2v) is 14.4. The lowest BCUT2D eigenvalue weighted by Crippen LogP contribution is -2.12. The molecule has 2 aliphatic rings. The molecule has 0 bridgehead atoms. The predicted molar refractivity (Wildman–Crippen MR) is 211 cm³/mol. The summed E-state index contributed by atoms with van der Waals surface area (Å²) in [6.07, 6.45) is 4.88. The summed E-state index contributed by atoms with van der Waals surface area (Å²) >= 11 is 1.91. The minimum absolute atomic E-state index is 0.342. The van der Waals surface area contributed by atoms with Gasteiger partial charge >= 0.3 is 0 Å². The molecule has 2 unspecified atom stereocenters. The first-order valence-electron chi connectivity index (χ1n) is 17.4. The first kappa shape index (κ1) is 29.8. The van der Waals surface area contributed by atoms with Gasteiger partial charge in [0.1, 0.15) is 0 Å². The van der Waals surface area contributed by atoms with E-state index in [0.717, 1.165) is 22.2 Å². The number of hydrogen-bond donors (Lipinski definition) is 0.